The summed E-state index contributed by atoms with van der Waals surface area (Å²) in [6, 6.07) is 0. The number of carboxylic acid groups (broad SMARTS) is 1. The van der Waals surface area contributed by atoms with E-state index in [2.05, 4.69) is 0 Å². The van der Waals surface area contributed by atoms with Crippen LogP contribution in [0.15, 0.2) is 23.8 Å². The molecule has 3 fully saturated rings. The molecule has 164 valence electrons. The molecule has 0 aromatic heterocycles. The van der Waals surface area contributed by atoms with E-state index in [4.69, 9.17) is 11.6 Å². The number of aliphatic carboxylic acids is 1. The van der Waals surface area contributed by atoms with Crippen molar-refractivity contribution in [3.63, 3.8) is 0 Å². The molecule has 4 aliphatic carbocycles. The van der Waals surface area contributed by atoms with Gasteiger partial charge in [0.05, 0.1) is 4.87 Å². The molecule has 0 heterocycles. The monoisotopic (exact) mass is 442 g/mol. The number of carbonyl (C=O) groups is 3. The van der Waals surface area contributed by atoms with Crippen molar-refractivity contribution in [3.05, 3.63) is 23.8 Å². The normalized spacial score (nSPS) is 52.2. The van der Waals surface area contributed by atoms with Crippen LogP contribution in [0, 0.1) is 28.6 Å². The highest BCUT2D eigenvalue weighted by Crippen LogP contribution is 2.72. The molecule has 8 heteroatoms. The zero-order chi connectivity index (χ0) is 22.4. The van der Waals surface area contributed by atoms with Gasteiger partial charge in [-0.25, -0.2) is 13.6 Å². The Morgan fingerprint density at radius 3 is 2.43 bits per heavy atom. The Kier molecular flexibility index (Phi) is 4.49. The lowest BCUT2D eigenvalue weighted by molar-refractivity contribution is -0.181. The molecule has 0 saturated heterocycles. The number of halogens is 3. The molecule has 0 bridgehead atoms. The summed E-state index contributed by atoms with van der Waals surface area (Å²) >= 11 is 7.04. The van der Waals surface area contributed by atoms with E-state index >= 15 is 8.78 Å². The lowest BCUT2D eigenvalue weighted by atomic mass is 9.45. The second-order valence-corrected chi connectivity index (χ2v) is 10.5. The molecule has 0 spiro atoms. The first kappa shape index (κ1) is 21.6. The van der Waals surface area contributed by atoms with Crippen LogP contribution in [0.3, 0.4) is 0 Å². The number of carbonyl (C=O) groups excluding carboxylic acids is 2. The van der Waals surface area contributed by atoms with Crippen molar-refractivity contribution >= 4 is 29.1 Å². The van der Waals surface area contributed by atoms with Gasteiger partial charge < -0.3 is 10.2 Å². The van der Waals surface area contributed by atoms with Crippen molar-refractivity contribution in [2.75, 3.05) is 0 Å². The van der Waals surface area contributed by atoms with E-state index in [-0.39, 0.29) is 30.6 Å². The Labute approximate surface area is 178 Å². The minimum atomic E-state index is -2.27. The number of carboxylic acids is 1. The summed E-state index contributed by atoms with van der Waals surface area (Å²) in [7, 11) is 0. The molecular formula is C22H25ClF2O5. The maximum atomic E-state index is 16.0. The third-order valence-corrected chi connectivity index (χ3v) is 9.62. The van der Waals surface area contributed by atoms with E-state index in [1.54, 1.807) is 13.8 Å². The summed E-state index contributed by atoms with van der Waals surface area (Å²) in [4.78, 5) is 34.3. The van der Waals surface area contributed by atoms with Crippen LogP contribution in [-0.4, -0.2) is 50.6 Å². The molecule has 0 aromatic rings. The Hall–Kier alpha value is -1.60. The van der Waals surface area contributed by atoms with Crippen LogP contribution in [-0.2, 0) is 14.4 Å². The van der Waals surface area contributed by atoms with Crippen molar-refractivity contribution in [1.29, 1.82) is 0 Å². The summed E-state index contributed by atoms with van der Waals surface area (Å²) in [5.74, 6) is -5.60. The molecule has 3 saturated carbocycles. The number of hydrogen-bond donors (Lipinski definition) is 2. The summed E-state index contributed by atoms with van der Waals surface area (Å²) in [5.41, 5.74) is -4.79. The lowest BCUT2D eigenvalue weighted by Gasteiger charge is -2.63. The predicted octanol–water partition coefficient (Wildman–Crippen LogP) is 3.18. The highest BCUT2D eigenvalue weighted by molar-refractivity contribution is 6.36. The van der Waals surface area contributed by atoms with Gasteiger partial charge in [0.1, 0.15) is 17.9 Å². The highest BCUT2D eigenvalue weighted by Gasteiger charge is 2.76. The lowest BCUT2D eigenvalue weighted by Crippen LogP contribution is -2.69. The fourth-order valence-corrected chi connectivity index (χ4v) is 7.61. The predicted molar refractivity (Wildman–Crippen MR) is 104 cm³/mol. The Balaban J connectivity index is 1.87. The summed E-state index contributed by atoms with van der Waals surface area (Å²) in [6.45, 7) is 4.71. The molecule has 2 N–H and O–H groups in total. The van der Waals surface area contributed by atoms with Gasteiger partial charge in [0, 0.05) is 10.8 Å². The maximum absolute atomic E-state index is 16.0. The van der Waals surface area contributed by atoms with Crippen LogP contribution in [0.5, 0.6) is 0 Å². The van der Waals surface area contributed by atoms with Crippen LogP contribution in [0.1, 0.15) is 40.0 Å². The topological polar surface area (TPSA) is 91.7 Å². The molecule has 5 nitrogen and oxygen atoms in total. The number of fused-ring (bicyclic) bond motifs is 5. The molecule has 0 aromatic carbocycles. The quantitative estimate of drug-likeness (QED) is 0.506. The van der Waals surface area contributed by atoms with Crippen molar-refractivity contribution in [2.24, 2.45) is 28.6 Å². The highest BCUT2D eigenvalue weighted by atomic mass is 35.5. The van der Waals surface area contributed by atoms with E-state index in [9.17, 15) is 24.6 Å². The van der Waals surface area contributed by atoms with Gasteiger partial charge in [-0.05, 0) is 54.7 Å². The van der Waals surface area contributed by atoms with E-state index in [0.29, 0.717) is 0 Å². The van der Waals surface area contributed by atoms with E-state index in [0.717, 1.165) is 0 Å². The third-order valence-electron chi connectivity index (χ3n) is 8.71. The van der Waals surface area contributed by atoms with E-state index in [1.807, 2.05) is 0 Å². The summed E-state index contributed by atoms with van der Waals surface area (Å²) in [5, 5.41) is 20.6. The van der Waals surface area contributed by atoms with Gasteiger partial charge in [0.15, 0.2) is 5.78 Å². The Bertz CT molecular complexity index is 917. The number of Topliss-reactive ketones (excluding diaryl/α,β-unsaturated/α-hetero) is 1. The molecule has 30 heavy (non-hydrogen) atoms. The summed E-state index contributed by atoms with van der Waals surface area (Å²) < 4.78 is 31.3. The number of ketones is 2. The molecule has 0 unspecified atom stereocenters. The first-order chi connectivity index (χ1) is 13.7. The number of aliphatic hydroxyl groups is 1. The van der Waals surface area contributed by atoms with Crippen LogP contribution >= 0.6 is 11.6 Å². The van der Waals surface area contributed by atoms with Gasteiger partial charge in [-0.2, -0.15) is 0 Å². The van der Waals surface area contributed by atoms with Crippen LogP contribution in [0.2, 0.25) is 0 Å². The molecule has 0 aliphatic heterocycles. The fraction of sp³-hybridized carbons (Fsp3) is 0.682. The molecule has 4 aliphatic rings. The smallest absolute Gasteiger partial charge is 0.375 e. The molecule has 9 atom stereocenters. The van der Waals surface area contributed by atoms with Gasteiger partial charge in [-0.3, -0.25) is 9.59 Å². The Morgan fingerprint density at radius 1 is 1.20 bits per heavy atom. The van der Waals surface area contributed by atoms with Crippen molar-refractivity contribution in [2.45, 2.75) is 62.9 Å². The minimum absolute atomic E-state index is 0.149. The number of allylic oxidation sites excluding steroid dienone is 4. The first-order valence-electron chi connectivity index (χ1n) is 10.2. The number of alkyl halides is 3. The molecule has 0 radical (unpaired) electrons. The largest absolute Gasteiger partial charge is 0.475 e. The maximum Gasteiger partial charge on any atom is 0.375 e. The van der Waals surface area contributed by atoms with Crippen molar-refractivity contribution in [1.82, 2.24) is 0 Å². The van der Waals surface area contributed by atoms with Gasteiger partial charge >= 0.3 is 5.97 Å². The van der Waals surface area contributed by atoms with Crippen LogP contribution in [0.25, 0.3) is 0 Å². The zero-order valence-electron chi connectivity index (χ0n) is 17.0. The summed E-state index contributed by atoms with van der Waals surface area (Å²) in [6.07, 6.45) is 0.367. The average molecular weight is 443 g/mol. The standard InChI is InChI=1S/C22H25ClF2O5/c1-10-6-12-13-8-15(24)14-7-11(26)4-5-19(14,2)21(13,23)16(25)9-20(12,3)22(10,30)17(27)18(28)29/h4-5,7,10,12-13,15-16,30H,6,8-9H2,1-3H3,(H,28,29)/t10-,12+,13+,15+,16+,19+,20+,21+,22+/m1/s1. The molecule has 0 amide bonds. The van der Waals surface area contributed by atoms with Crippen LogP contribution in [0.4, 0.5) is 8.78 Å². The van der Waals surface area contributed by atoms with Crippen LogP contribution < -0.4 is 0 Å². The molecular weight excluding hydrogens is 418 g/mol. The van der Waals surface area contributed by atoms with Crippen molar-refractivity contribution < 1.29 is 33.4 Å². The average Bonchev–Trinajstić information content (AvgIpc) is 2.86. The van der Waals surface area contributed by atoms with Gasteiger partial charge in [-0.1, -0.05) is 26.8 Å². The van der Waals surface area contributed by atoms with Gasteiger partial charge in [0.2, 0.25) is 0 Å². The second kappa shape index (κ2) is 6.22. The number of rotatable bonds is 2. The number of hydrogen-bond acceptors (Lipinski definition) is 4. The Morgan fingerprint density at radius 2 is 1.83 bits per heavy atom. The van der Waals surface area contributed by atoms with E-state index in [1.165, 1.54) is 25.2 Å². The fourth-order valence-electron chi connectivity index (χ4n) is 7.12. The van der Waals surface area contributed by atoms with Crippen molar-refractivity contribution in [3.8, 4) is 0 Å². The minimum Gasteiger partial charge on any atom is -0.475 e. The zero-order valence-corrected chi connectivity index (χ0v) is 17.7. The first-order valence-corrected chi connectivity index (χ1v) is 10.5. The van der Waals surface area contributed by atoms with Gasteiger partial charge in [-0.15, -0.1) is 11.6 Å². The van der Waals surface area contributed by atoms with Gasteiger partial charge in [0.25, 0.3) is 5.78 Å². The van der Waals surface area contributed by atoms with E-state index < -0.39 is 63.2 Å². The SMILES string of the molecule is C[C@@H]1C[C@H]2[C@@H]3C[C@H](F)C4=CC(=O)C=C[C@]4(C)[C@@]3(Cl)[C@@H](F)C[C@]2(C)[C@@]1(O)C(=O)C(=O)O. The second-order valence-electron chi connectivity index (χ2n) is 9.85. The molecule has 4 rings (SSSR count). The third kappa shape index (κ3) is 2.23.